The average molecular weight is 235 g/mol. The maximum atomic E-state index is 11.6. The van der Waals surface area contributed by atoms with Crippen LogP contribution in [-0.4, -0.2) is 12.5 Å². The first-order valence-corrected chi connectivity index (χ1v) is 6.57. The quantitative estimate of drug-likeness (QED) is 0.702. The summed E-state index contributed by atoms with van der Waals surface area (Å²) in [5, 5.41) is 2.97. The fourth-order valence-corrected chi connectivity index (χ4v) is 1.83. The van der Waals surface area contributed by atoms with Crippen LogP contribution in [0.5, 0.6) is 0 Å². The molecule has 0 spiro atoms. The van der Waals surface area contributed by atoms with E-state index in [1.165, 1.54) is 11.1 Å². The molecular weight excluding hydrogens is 210 g/mol. The summed E-state index contributed by atoms with van der Waals surface area (Å²) in [6, 6.07) is 0. The zero-order valence-electron chi connectivity index (χ0n) is 11.5. The summed E-state index contributed by atoms with van der Waals surface area (Å²) in [7, 11) is 0. The Labute approximate surface area is 105 Å². The van der Waals surface area contributed by atoms with Crippen molar-refractivity contribution in [2.45, 2.75) is 47.0 Å². The van der Waals surface area contributed by atoms with Crippen LogP contribution in [0.3, 0.4) is 0 Å². The van der Waals surface area contributed by atoms with E-state index in [4.69, 9.17) is 0 Å². The fourth-order valence-electron chi connectivity index (χ4n) is 1.83. The standard InChI is InChI=1S/C15H25NO/c1-11(2)6-5-7-12(3)8-9-16-15(17)14-10-13(14)4/h6,8,13-14H,5,7,9-10H2,1-4H3,(H,16,17)/b12-8-. The number of hydrogen-bond acceptors (Lipinski definition) is 1. The van der Waals surface area contributed by atoms with Gasteiger partial charge >= 0.3 is 0 Å². The predicted octanol–water partition coefficient (Wildman–Crippen LogP) is 3.45. The number of carbonyl (C=O) groups is 1. The van der Waals surface area contributed by atoms with Gasteiger partial charge in [-0.2, -0.15) is 0 Å². The molecule has 0 aliphatic heterocycles. The van der Waals surface area contributed by atoms with E-state index in [2.05, 4.69) is 45.2 Å². The first-order chi connectivity index (χ1) is 8.00. The van der Waals surface area contributed by atoms with Gasteiger partial charge in [0.1, 0.15) is 0 Å². The molecule has 1 amide bonds. The normalized spacial score (nSPS) is 23.2. The van der Waals surface area contributed by atoms with Crippen molar-refractivity contribution in [1.82, 2.24) is 5.32 Å². The molecule has 1 rings (SSSR count). The molecule has 17 heavy (non-hydrogen) atoms. The molecule has 0 saturated heterocycles. The van der Waals surface area contributed by atoms with Crippen LogP contribution in [0.2, 0.25) is 0 Å². The predicted molar refractivity (Wildman–Crippen MR) is 72.7 cm³/mol. The molecule has 96 valence electrons. The Kier molecular flexibility index (Phi) is 5.46. The second kappa shape index (κ2) is 6.63. The van der Waals surface area contributed by atoms with Crippen LogP contribution in [0, 0.1) is 11.8 Å². The monoisotopic (exact) mass is 235 g/mol. The molecular formula is C15H25NO. The van der Waals surface area contributed by atoms with E-state index in [9.17, 15) is 4.79 Å². The number of amides is 1. The molecule has 2 atom stereocenters. The van der Waals surface area contributed by atoms with E-state index in [1.54, 1.807) is 0 Å². The third-order valence-corrected chi connectivity index (χ3v) is 3.26. The van der Waals surface area contributed by atoms with Gasteiger partial charge in [-0.15, -0.1) is 0 Å². The van der Waals surface area contributed by atoms with Crippen molar-refractivity contribution in [1.29, 1.82) is 0 Å². The molecule has 0 aromatic carbocycles. The van der Waals surface area contributed by atoms with Crippen molar-refractivity contribution >= 4 is 5.91 Å². The molecule has 1 aliphatic carbocycles. The third kappa shape index (κ3) is 5.71. The summed E-state index contributed by atoms with van der Waals surface area (Å²) >= 11 is 0. The zero-order chi connectivity index (χ0) is 12.8. The first-order valence-electron chi connectivity index (χ1n) is 6.57. The summed E-state index contributed by atoms with van der Waals surface area (Å²) in [6.07, 6.45) is 7.62. The Morgan fingerprint density at radius 1 is 1.29 bits per heavy atom. The molecule has 1 fully saturated rings. The Morgan fingerprint density at radius 2 is 1.94 bits per heavy atom. The van der Waals surface area contributed by atoms with Crippen LogP contribution in [0.25, 0.3) is 0 Å². The van der Waals surface area contributed by atoms with Crippen LogP contribution in [0.1, 0.15) is 47.0 Å². The topological polar surface area (TPSA) is 29.1 Å². The van der Waals surface area contributed by atoms with Crippen molar-refractivity contribution < 1.29 is 4.79 Å². The van der Waals surface area contributed by atoms with Crippen LogP contribution >= 0.6 is 0 Å². The van der Waals surface area contributed by atoms with Gasteiger partial charge in [-0.25, -0.2) is 0 Å². The van der Waals surface area contributed by atoms with Crippen LogP contribution in [0.4, 0.5) is 0 Å². The van der Waals surface area contributed by atoms with E-state index < -0.39 is 0 Å². The van der Waals surface area contributed by atoms with Gasteiger partial charge in [0.25, 0.3) is 0 Å². The summed E-state index contributed by atoms with van der Waals surface area (Å²) in [5.41, 5.74) is 2.72. The SMILES string of the molecule is CC(C)=CCC/C(C)=C\CNC(=O)C1CC1C. The highest BCUT2D eigenvalue weighted by Gasteiger charge is 2.38. The molecule has 2 nitrogen and oxygen atoms in total. The Bertz CT molecular complexity index is 324. The lowest BCUT2D eigenvalue weighted by Gasteiger charge is -2.02. The van der Waals surface area contributed by atoms with Crippen LogP contribution in [-0.2, 0) is 4.79 Å². The first kappa shape index (κ1) is 14.0. The zero-order valence-corrected chi connectivity index (χ0v) is 11.5. The fraction of sp³-hybridized carbons (Fsp3) is 0.667. The van der Waals surface area contributed by atoms with E-state index in [0.29, 0.717) is 12.5 Å². The third-order valence-electron chi connectivity index (χ3n) is 3.26. The van der Waals surface area contributed by atoms with Gasteiger partial charge in [-0.05, 0) is 46.0 Å². The Morgan fingerprint density at radius 3 is 2.47 bits per heavy atom. The van der Waals surface area contributed by atoms with Crippen LogP contribution < -0.4 is 5.32 Å². The molecule has 0 bridgehead atoms. The van der Waals surface area contributed by atoms with E-state index in [1.807, 2.05) is 0 Å². The van der Waals surface area contributed by atoms with Crippen molar-refractivity contribution in [2.75, 3.05) is 6.54 Å². The Balaban J connectivity index is 2.15. The summed E-state index contributed by atoms with van der Waals surface area (Å²) in [5.74, 6) is 1.11. The maximum absolute atomic E-state index is 11.6. The molecule has 2 unspecified atom stereocenters. The molecule has 2 heteroatoms. The second-order valence-corrected chi connectivity index (χ2v) is 5.44. The second-order valence-electron chi connectivity index (χ2n) is 5.44. The lowest BCUT2D eigenvalue weighted by atomic mass is 10.1. The van der Waals surface area contributed by atoms with Gasteiger partial charge in [-0.3, -0.25) is 4.79 Å². The van der Waals surface area contributed by atoms with Crippen LogP contribution in [0.15, 0.2) is 23.3 Å². The molecule has 0 heterocycles. The molecule has 1 saturated carbocycles. The highest BCUT2D eigenvalue weighted by Crippen LogP contribution is 2.37. The largest absolute Gasteiger partial charge is 0.352 e. The molecule has 1 aliphatic rings. The number of hydrogen-bond donors (Lipinski definition) is 1. The molecule has 0 aromatic rings. The maximum Gasteiger partial charge on any atom is 0.223 e. The van der Waals surface area contributed by atoms with Crippen molar-refractivity contribution in [2.24, 2.45) is 11.8 Å². The van der Waals surface area contributed by atoms with Gasteiger partial charge in [0.2, 0.25) is 5.91 Å². The lowest BCUT2D eigenvalue weighted by Crippen LogP contribution is -2.25. The summed E-state index contributed by atoms with van der Waals surface area (Å²) in [4.78, 5) is 11.6. The van der Waals surface area contributed by atoms with E-state index in [0.717, 1.165) is 19.3 Å². The minimum Gasteiger partial charge on any atom is -0.352 e. The minimum atomic E-state index is 0.228. The van der Waals surface area contributed by atoms with Gasteiger partial charge in [0.05, 0.1) is 0 Å². The summed E-state index contributed by atoms with van der Waals surface area (Å²) in [6.45, 7) is 9.18. The number of rotatable bonds is 6. The highest BCUT2D eigenvalue weighted by atomic mass is 16.2. The number of carbonyl (C=O) groups excluding carboxylic acids is 1. The summed E-state index contributed by atoms with van der Waals surface area (Å²) < 4.78 is 0. The number of allylic oxidation sites excluding steroid dienone is 3. The van der Waals surface area contributed by atoms with E-state index in [-0.39, 0.29) is 11.8 Å². The Hall–Kier alpha value is -1.05. The van der Waals surface area contributed by atoms with Crippen molar-refractivity contribution in [3.05, 3.63) is 23.3 Å². The van der Waals surface area contributed by atoms with Crippen molar-refractivity contribution in [3.63, 3.8) is 0 Å². The highest BCUT2D eigenvalue weighted by molar-refractivity contribution is 5.81. The smallest absolute Gasteiger partial charge is 0.223 e. The molecule has 0 radical (unpaired) electrons. The lowest BCUT2D eigenvalue weighted by molar-refractivity contribution is -0.122. The van der Waals surface area contributed by atoms with E-state index >= 15 is 0 Å². The molecule has 1 N–H and O–H groups in total. The minimum absolute atomic E-state index is 0.228. The van der Waals surface area contributed by atoms with Gasteiger partial charge in [-0.1, -0.05) is 30.2 Å². The van der Waals surface area contributed by atoms with Crippen molar-refractivity contribution in [3.8, 4) is 0 Å². The molecule has 0 aromatic heterocycles. The number of nitrogens with one attached hydrogen (secondary N) is 1. The average Bonchev–Trinajstić information content (AvgIpc) is 2.95. The van der Waals surface area contributed by atoms with Gasteiger partial charge in [0.15, 0.2) is 0 Å². The van der Waals surface area contributed by atoms with Gasteiger partial charge in [0, 0.05) is 12.5 Å². The van der Waals surface area contributed by atoms with Gasteiger partial charge < -0.3 is 5.32 Å².